The second-order valence-electron chi connectivity index (χ2n) is 5.53. The number of nitrogens with zero attached hydrogens (tertiary/aromatic N) is 2. The van der Waals surface area contributed by atoms with E-state index in [9.17, 15) is 9.18 Å². The summed E-state index contributed by atoms with van der Waals surface area (Å²) in [6, 6.07) is 15.9. The molecule has 1 amide bonds. The molecule has 0 aliphatic heterocycles. The molecule has 2 aromatic carbocycles. The van der Waals surface area contributed by atoms with Crippen LogP contribution in [0.5, 0.6) is 0 Å². The SMILES string of the molecule is CN(C)C(=O)n1c(/C=C/c2ccc(F)cc2)cc2ccccc21. The first-order valence-corrected chi connectivity index (χ1v) is 7.32. The van der Waals surface area contributed by atoms with Gasteiger partial charge in [-0.25, -0.2) is 9.18 Å². The average molecular weight is 308 g/mol. The van der Waals surface area contributed by atoms with Crippen LogP contribution in [0.2, 0.25) is 0 Å². The van der Waals surface area contributed by atoms with Crippen molar-refractivity contribution in [2.45, 2.75) is 0 Å². The van der Waals surface area contributed by atoms with Gasteiger partial charge in [0.15, 0.2) is 0 Å². The van der Waals surface area contributed by atoms with E-state index < -0.39 is 0 Å². The van der Waals surface area contributed by atoms with Gasteiger partial charge in [0.2, 0.25) is 0 Å². The molecule has 0 aliphatic carbocycles. The van der Waals surface area contributed by atoms with Crippen molar-refractivity contribution in [2.24, 2.45) is 0 Å². The van der Waals surface area contributed by atoms with Crippen molar-refractivity contribution >= 4 is 29.1 Å². The number of hydrogen-bond donors (Lipinski definition) is 0. The average Bonchev–Trinajstić information content (AvgIpc) is 2.91. The van der Waals surface area contributed by atoms with Crippen LogP contribution in [0.3, 0.4) is 0 Å². The molecule has 0 saturated heterocycles. The Kier molecular flexibility index (Phi) is 3.98. The second kappa shape index (κ2) is 6.08. The highest BCUT2D eigenvalue weighted by Gasteiger charge is 2.14. The number of fused-ring (bicyclic) bond motifs is 1. The molecular weight excluding hydrogens is 291 g/mol. The van der Waals surface area contributed by atoms with Gasteiger partial charge in [0.05, 0.1) is 11.2 Å². The van der Waals surface area contributed by atoms with Crippen LogP contribution in [-0.2, 0) is 0 Å². The molecule has 116 valence electrons. The lowest BCUT2D eigenvalue weighted by Crippen LogP contribution is -2.27. The van der Waals surface area contributed by atoms with Gasteiger partial charge in [-0.15, -0.1) is 0 Å². The maximum absolute atomic E-state index is 13.0. The van der Waals surface area contributed by atoms with Gasteiger partial charge in [0.1, 0.15) is 5.82 Å². The van der Waals surface area contributed by atoms with Crippen LogP contribution in [0, 0.1) is 5.82 Å². The van der Waals surface area contributed by atoms with Crippen molar-refractivity contribution in [3.8, 4) is 0 Å². The number of benzene rings is 2. The summed E-state index contributed by atoms with van der Waals surface area (Å²) in [6.45, 7) is 0. The van der Waals surface area contributed by atoms with E-state index in [0.29, 0.717) is 0 Å². The Hall–Kier alpha value is -2.88. The molecule has 4 heteroatoms. The van der Waals surface area contributed by atoms with E-state index in [0.717, 1.165) is 22.2 Å². The highest BCUT2D eigenvalue weighted by Crippen LogP contribution is 2.22. The van der Waals surface area contributed by atoms with E-state index in [1.165, 1.54) is 12.1 Å². The van der Waals surface area contributed by atoms with E-state index in [-0.39, 0.29) is 11.8 Å². The fraction of sp³-hybridized carbons (Fsp3) is 0.105. The van der Waals surface area contributed by atoms with E-state index in [2.05, 4.69) is 0 Å². The molecular formula is C19H17FN2O. The fourth-order valence-corrected chi connectivity index (χ4v) is 2.47. The standard InChI is InChI=1S/C19H17FN2O/c1-21(2)19(23)22-17(13-15-5-3-4-6-18(15)22)12-9-14-7-10-16(20)11-8-14/h3-13H,1-2H3/b12-9+. The molecule has 23 heavy (non-hydrogen) atoms. The Labute approximate surface area is 134 Å². The number of aromatic nitrogens is 1. The first-order chi connectivity index (χ1) is 11.1. The minimum atomic E-state index is -0.265. The number of carbonyl (C=O) groups is 1. The van der Waals surface area contributed by atoms with E-state index in [4.69, 9.17) is 0 Å². The van der Waals surface area contributed by atoms with E-state index in [1.807, 2.05) is 42.5 Å². The summed E-state index contributed by atoms with van der Waals surface area (Å²) in [5.41, 5.74) is 2.53. The summed E-state index contributed by atoms with van der Waals surface area (Å²) < 4.78 is 14.6. The van der Waals surface area contributed by atoms with Crippen LogP contribution in [0.4, 0.5) is 9.18 Å². The van der Waals surface area contributed by atoms with Crippen molar-refractivity contribution in [1.82, 2.24) is 9.47 Å². The zero-order valence-corrected chi connectivity index (χ0v) is 13.0. The molecule has 0 spiro atoms. The van der Waals surface area contributed by atoms with Gasteiger partial charge in [-0.2, -0.15) is 0 Å². The highest BCUT2D eigenvalue weighted by molar-refractivity contribution is 5.95. The number of halogens is 1. The molecule has 0 saturated carbocycles. The Morgan fingerprint density at radius 1 is 1.04 bits per heavy atom. The van der Waals surface area contributed by atoms with Crippen LogP contribution >= 0.6 is 0 Å². The lowest BCUT2D eigenvalue weighted by molar-refractivity contribution is 0.220. The zero-order chi connectivity index (χ0) is 16.4. The normalized spacial score (nSPS) is 11.3. The number of amides is 1. The molecule has 3 rings (SSSR count). The molecule has 0 radical (unpaired) electrons. The quantitative estimate of drug-likeness (QED) is 0.685. The molecule has 1 heterocycles. The van der Waals surface area contributed by atoms with Crippen molar-refractivity contribution < 1.29 is 9.18 Å². The molecule has 1 aromatic heterocycles. The monoisotopic (exact) mass is 308 g/mol. The van der Waals surface area contributed by atoms with Gasteiger partial charge in [0.25, 0.3) is 0 Å². The number of hydrogen-bond acceptors (Lipinski definition) is 1. The summed E-state index contributed by atoms with van der Waals surface area (Å²) in [5, 5.41) is 1.00. The number of carbonyl (C=O) groups excluding carboxylic acids is 1. The molecule has 3 aromatic rings. The molecule has 0 unspecified atom stereocenters. The third-order valence-corrected chi connectivity index (χ3v) is 3.63. The lowest BCUT2D eigenvalue weighted by atomic mass is 10.2. The number of rotatable bonds is 2. The first kappa shape index (κ1) is 15.0. The highest BCUT2D eigenvalue weighted by atomic mass is 19.1. The second-order valence-corrected chi connectivity index (χ2v) is 5.53. The first-order valence-electron chi connectivity index (χ1n) is 7.32. The Morgan fingerprint density at radius 2 is 1.74 bits per heavy atom. The molecule has 0 aliphatic rings. The molecule has 0 bridgehead atoms. The molecule has 0 N–H and O–H groups in total. The Balaban J connectivity index is 2.07. The third kappa shape index (κ3) is 3.01. The van der Waals surface area contributed by atoms with Crippen LogP contribution in [0.1, 0.15) is 11.3 Å². The smallest absolute Gasteiger partial charge is 0.328 e. The van der Waals surface area contributed by atoms with E-state index in [1.54, 1.807) is 35.7 Å². The van der Waals surface area contributed by atoms with Crippen LogP contribution in [-0.4, -0.2) is 29.6 Å². The van der Waals surface area contributed by atoms with Crippen molar-refractivity contribution in [1.29, 1.82) is 0 Å². The van der Waals surface area contributed by atoms with Crippen molar-refractivity contribution in [2.75, 3.05) is 14.1 Å². The van der Waals surface area contributed by atoms with Gasteiger partial charge in [-0.1, -0.05) is 36.4 Å². The summed E-state index contributed by atoms with van der Waals surface area (Å²) in [5.74, 6) is -0.265. The maximum Gasteiger partial charge on any atom is 0.328 e. The van der Waals surface area contributed by atoms with Gasteiger partial charge >= 0.3 is 6.03 Å². The minimum absolute atomic E-state index is 0.107. The predicted octanol–water partition coefficient (Wildman–Crippen LogP) is 4.48. The van der Waals surface area contributed by atoms with Crippen molar-refractivity contribution in [3.63, 3.8) is 0 Å². The minimum Gasteiger partial charge on any atom is -0.330 e. The summed E-state index contributed by atoms with van der Waals surface area (Å²) in [7, 11) is 3.45. The van der Waals surface area contributed by atoms with Crippen LogP contribution < -0.4 is 0 Å². The zero-order valence-electron chi connectivity index (χ0n) is 13.0. The Morgan fingerprint density at radius 3 is 2.43 bits per heavy atom. The largest absolute Gasteiger partial charge is 0.330 e. The van der Waals surface area contributed by atoms with Crippen LogP contribution in [0.25, 0.3) is 23.1 Å². The van der Waals surface area contributed by atoms with Crippen LogP contribution in [0.15, 0.2) is 54.6 Å². The van der Waals surface area contributed by atoms with Gasteiger partial charge in [-0.05, 0) is 35.9 Å². The summed E-state index contributed by atoms with van der Waals surface area (Å²) >= 11 is 0. The molecule has 0 fully saturated rings. The maximum atomic E-state index is 13.0. The fourth-order valence-electron chi connectivity index (χ4n) is 2.47. The Bertz CT molecular complexity index is 876. The third-order valence-electron chi connectivity index (χ3n) is 3.63. The van der Waals surface area contributed by atoms with Crippen molar-refractivity contribution in [3.05, 3.63) is 71.7 Å². The lowest BCUT2D eigenvalue weighted by Gasteiger charge is -2.13. The van der Waals surface area contributed by atoms with E-state index >= 15 is 0 Å². The molecule has 3 nitrogen and oxygen atoms in total. The van der Waals surface area contributed by atoms with Gasteiger partial charge in [-0.3, -0.25) is 4.57 Å². The molecule has 0 atom stereocenters. The van der Waals surface area contributed by atoms with Gasteiger partial charge < -0.3 is 4.90 Å². The predicted molar refractivity (Wildman–Crippen MR) is 91.7 cm³/mol. The topological polar surface area (TPSA) is 25.2 Å². The van der Waals surface area contributed by atoms with Gasteiger partial charge in [0, 0.05) is 19.5 Å². The summed E-state index contributed by atoms with van der Waals surface area (Å²) in [4.78, 5) is 14.0. The number of para-hydroxylation sites is 1. The summed E-state index contributed by atoms with van der Waals surface area (Å²) in [6.07, 6.45) is 3.74.